The largest absolute Gasteiger partial charge is 0.307 e. The van der Waals surface area contributed by atoms with Gasteiger partial charge in [0.25, 0.3) is 0 Å². The van der Waals surface area contributed by atoms with Crippen molar-refractivity contribution in [3.63, 3.8) is 0 Å². The van der Waals surface area contributed by atoms with Crippen molar-refractivity contribution in [2.24, 2.45) is 0 Å². The molecule has 0 bridgehead atoms. The summed E-state index contributed by atoms with van der Waals surface area (Å²) in [4.78, 5) is 14.1. The van der Waals surface area contributed by atoms with E-state index in [1.807, 2.05) is 48.8 Å². The Morgan fingerprint density at radius 1 is 0.590 bits per heavy atom. The zero-order valence-corrected chi connectivity index (χ0v) is 20.9. The highest BCUT2D eigenvalue weighted by Gasteiger charge is 2.41. The molecule has 39 heavy (non-hydrogen) atoms. The molecular formula is C34H23FN4. The van der Waals surface area contributed by atoms with E-state index in [0.717, 1.165) is 38.6 Å². The van der Waals surface area contributed by atoms with Gasteiger partial charge >= 0.3 is 0 Å². The number of pyridine rings is 3. The number of aromatic nitrogens is 4. The summed E-state index contributed by atoms with van der Waals surface area (Å²) in [6.07, 6.45) is 5.18. The van der Waals surface area contributed by atoms with Crippen LogP contribution in [0.1, 0.15) is 16.7 Å². The van der Waals surface area contributed by atoms with E-state index in [2.05, 4.69) is 87.3 Å². The molecule has 4 aromatic heterocycles. The Balaban J connectivity index is 1.69. The van der Waals surface area contributed by atoms with Crippen LogP contribution in [0.4, 0.5) is 4.39 Å². The van der Waals surface area contributed by atoms with Crippen molar-refractivity contribution >= 4 is 21.9 Å². The van der Waals surface area contributed by atoms with Crippen LogP contribution < -0.4 is 0 Å². The monoisotopic (exact) mass is 506 g/mol. The van der Waals surface area contributed by atoms with Crippen LogP contribution in [0.25, 0.3) is 33.3 Å². The molecule has 186 valence electrons. The maximum absolute atomic E-state index is 14.2. The summed E-state index contributed by atoms with van der Waals surface area (Å²) < 4.78 is 16.5. The lowest BCUT2D eigenvalue weighted by molar-refractivity contribution is 0.546. The minimum Gasteiger partial charge on any atom is -0.307 e. The molecule has 0 radical (unpaired) electrons. The van der Waals surface area contributed by atoms with Gasteiger partial charge in [-0.05, 0) is 41.0 Å². The summed E-state index contributed by atoms with van der Waals surface area (Å²) in [5, 5.41) is 1.95. The maximum Gasteiger partial charge on any atom is 0.143 e. The Kier molecular flexibility index (Phi) is 5.48. The Morgan fingerprint density at radius 3 is 1.79 bits per heavy atom. The molecule has 0 aliphatic heterocycles. The van der Waals surface area contributed by atoms with E-state index >= 15 is 0 Å². The van der Waals surface area contributed by atoms with Crippen LogP contribution in [-0.4, -0.2) is 19.5 Å². The summed E-state index contributed by atoms with van der Waals surface area (Å²) in [6, 6.07) is 40.2. The van der Waals surface area contributed by atoms with Gasteiger partial charge in [-0.2, -0.15) is 0 Å². The van der Waals surface area contributed by atoms with Crippen molar-refractivity contribution in [3.05, 3.63) is 162 Å². The molecule has 7 rings (SSSR count). The average molecular weight is 507 g/mol. The van der Waals surface area contributed by atoms with E-state index in [0.29, 0.717) is 11.4 Å². The summed E-state index contributed by atoms with van der Waals surface area (Å²) in [5.41, 5.74) is 5.34. The molecule has 0 atom stereocenters. The van der Waals surface area contributed by atoms with Gasteiger partial charge < -0.3 is 4.57 Å². The Bertz CT molecular complexity index is 1820. The highest BCUT2D eigenvalue weighted by molar-refractivity contribution is 6.07. The lowest BCUT2D eigenvalue weighted by Crippen LogP contribution is -2.37. The third kappa shape index (κ3) is 3.62. The molecule has 5 heteroatoms. The fraction of sp³-hybridized carbons (Fsp3) is 0.0294. The predicted molar refractivity (Wildman–Crippen MR) is 153 cm³/mol. The van der Waals surface area contributed by atoms with Crippen molar-refractivity contribution in [2.75, 3.05) is 0 Å². The Morgan fingerprint density at radius 2 is 1.21 bits per heavy atom. The number of nitrogens with zero attached hydrogens (tertiary/aromatic N) is 4. The van der Waals surface area contributed by atoms with E-state index < -0.39 is 5.54 Å². The van der Waals surface area contributed by atoms with E-state index in [1.165, 1.54) is 18.3 Å². The molecule has 0 aliphatic carbocycles. The molecular weight excluding hydrogens is 483 g/mol. The third-order valence-corrected chi connectivity index (χ3v) is 7.31. The van der Waals surface area contributed by atoms with Crippen LogP contribution in [0.2, 0.25) is 0 Å². The van der Waals surface area contributed by atoms with Gasteiger partial charge in [-0.1, -0.05) is 91.0 Å². The third-order valence-electron chi connectivity index (χ3n) is 7.31. The van der Waals surface area contributed by atoms with Gasteiger partial charge in [0.05, 0.1) is 16.9 Å². The zero-order valence-electron chi connectivity index (χ0n) is 20.9. The van der Waals surface area contributed by atoms with Crippen LogP contribution in [0.5, 0.6) is 0 Å². The molecule has 0 saturated carbocycles. The first-order valence-corrected chi connectivity index (χ1v) is 12.8. The number of hydrogen-bond acceptors (Lipinski definition) is 3. The highest BCUT2D eigenvalue weighted by atomic mass is 19.1. The highest BCUT2D eigenvalue weighted by Crippen LogP contribution is 2.45. The van der Waals surface area contributed by atoms with Crippen molar-refractivity contribution in [1.29, 1.82) is 0 Å². The van der Waals surface area contributed by atoms with Crippen LogP contribution in [-0.2, 0) is 5.54 Å². The van der Waals surface area contributed by atoms with Crippen LogP contribution in [0.3, 0.4) is 0 Å². The quantitative estimate of drug-likeness (QED) is 0.226. The first-order valence-electron chi connectivity index (χ1n) is 12.8. The Hall–Kier alpha value is -5.16. The lowest BCUT2D eigenvalue weighted by Gasteiger charge is -2.38. The standard InChI is InChI=1S/C34H23FN4/c35-27-18-21-37-31(22-27)30-17-16-28-29-23-36-20-19-32(29)39(33(28)38-30)34(24-10-4-1-5-11-24,25-12-6-2-7-13-25)26-14-8-3-9-15-26/h1-23H. The van der Waals surface area contributed by atoms with Gasteiger partial charge in [-0.3, -0.25) is 9.97 Å². The topological polar surface area (TPSA) is 43.6 Å². The van der Waals surface area contributed by atoms with Crippen LogP contribution >= 0.6 is 0 Å². The maximum atomic E-state index is 14.2. The number of rotatable bonds is 5. The van der Waals surface area contributed by atoms with E-state index in [4.69, 9.17) is 4.98 Å². The van der Waals surface area contributed by atoms with Gasteiger partial charge in [-0.25, -0.2) is 9.37 Å². The normalized spacial score (nSPS) is 11.7. The van der Waals surface area contributed by atoms with Gasteiger partial charge in [0, 0.05) is 35.4 Å². The van der Waals surface area contributed by atoms with Crippen molar-refractivity contribution < 1.29 is 4.39 Å². The second-order valence-electron chi connectivity index (χ2n) is 9.46. The van der Waals surface area contributed by atoms with Crippen molar-refractivity contribution in [2.45, 2.75) is 5.54 Å². The first-order chi connectivity index (χ1) is 19.3. The van der Waals surface area contributed by atoms with Gasteiger partial charge in [0.15, 0.2) is 0 Å². The molecule has 0 spiro atoms. The molecule has 0 fully saturated rings. The summed E-state index contributed by atoms with van der Waals surface area (Å²) in [5.74, 6) is -0.348. The lowest BCUT2D eigenvalue weighted by atomic mass is 9.76. The number of hydrogen-bond donors (Lipinski definition) is 0. The number of halogens is 1. The summed E-state index contributed by atoms with van der Waals surface area (Å²) >= 11 is 0. The molecule has 0 amide bonds. The predicted octanol–water partition coefficient (Wildman–Crippen LogP) is 7.63. The van der Waals surface area contributed by atoms with Gasteiger partial charge in [0.2, 0.25) is 0 Å². The summed E-state index contributed by atoms with van der Waals surface area (Å²) in [7, 11) is 0. The van der Waals surface area contributed by atoms with Crippen molar-refractivity contribution in [1.82, 2.24) is 19.5 Å². The van der Waals surface area contributed by atoms with Gasteiger partial charge in [0.1, 0.15) is 17.0 Å². The minimum absolute atomic E-state index is 0.348. The van der Waals surface area contributed by atoms with E-state index in [-0.39, 0.29) is 5.82 Å². The minimum atomic E-state index is -0.772. The zero-order chi connectivity index (χ0) is 26.2. The Labute approximate surface area is 225 Å². The average Bonchev–Trinajstić information content (AvgIpc) is 3.33. The second kappa shape index (κ2) is 9.30. The molecule has 0 aliphatic rings. The molecule has 4 heterocycles. The molecule has 4 nitrogen and oxygen atoms in total. The smallest absolute Gasteiger partial charge is 0.143 e. The van der Waals surface area contributed by atoms with E-state index in [1.54, 1.807) is 0 Å². The number of fused-ring (bicyclic) bond motifs is 3. The summed E-state index contributed by atoms with van der Waals surface area (Å²) in [6.45, 7) is 0. The first kappa shape index (κ1) is 23.0. The SMILES string of the molecule is Fc1ccnc(-c2ccc3c4cnccc4n(C(c4ccccc4)(c4ccccc4)c4ccccc4)c3n2)c1. The van der Waals surface area contributed by atoms with Crippen LogP contribution in [0.15, 0.2) is 140 Å². The molecule has 0 unspecified atom stereocenters. The molecule has 0 saturated heterocycles. The fourth-order valence-electron chi connectivity index (χ4n) is 5.69. The van der Waals surface area contributed by atoms with Gasteiger partial charge in [-0.15, -0.1) is 0 Å². The number of benzene rings is 3. The fourth-order valence-corrected chi connectivity index (χ4v) is 5.69. The van der Waals surface area contributed by atoms with Crippen LogP contribution in [0, 0.1) is 5.82 Å². The van der Waals surface area contributed by atoms with Crippen molar-refractivity contribution in [3.8, 4) is 11.4 Å². The molecule has 7 aromatic rings. The molecule has 0 N–H and O–H groups in total. The molecule has 3 aromatic carbocycles. The van der Waals surface area contributed by atoms with E-state index in [9.17, 15) is 4.39 Å². The second-order valence-corrected chi connectivity index (χ2v) is 9.46.